The highest BCUT2D eigenvalue weighted by molar-refractivity contribution is 5.94. The van der Waals surface area contributed by atoms with E-state index >= 15 is 0 Å². The standard InChI is InChI=1S/C16H13N3O/c17-16(20)14-5-6-18-10-13(14)8-11-7-12-3-1-2-4-15(12)19-9-11/h1-7,9-10H,8H2,(H2,17,20). The Morgan fingerprint density at radius 1 is 1.15 bits per heavy atom. The smallest absolute Gasteiger partial charge is 0.249 e. The average Bonchev–Trinajstić information content (AvgIpc) is 2.47. The summed E-state index contributed by atoms with van der Waals surface area (Å²) in [6, 6.07) is 11.6. The summed E-state index contributed by atoms with van der Waals surface area (Å²) in [6.45, 7) is 0. The van der Waals surface area contributed by atoms with E-state index in [0.717, 1.165) is 22.0 Å². The first-order chi connectivity index (χ1) is 9.74. The van der Waals surface area contributed by atoms with Crippen LogP contribution in [0.2, 0.25) is 0 Å². The van der Waals surface area contributed by atoms with Gasteiger partial charge < -0.3 is 5.73 Å². The van der Waals surface area contributed by atoms with Gasteiger partial charge in [-0.05, 0) is 29.3 Å². The number of nitrogens with zero attached hydrogens (tertiary/aromatic N) is 2. The minimum absolute atomic E-state index is 0.434. The highest BCUT2D eigenvalue weighted by atomic mass is 16.1. The first-order valence-corrected chi connectivity index (χ1v) is 6.30. The fourth-order valence-electron chi connectivity index (χ4n) is 2.24. The summed E-state index contributed by atoms with van der Waals surface area (Å²) in [5.41, 5.74) is 8.68. The van der Waals surface area contributed by atoms with Crippen LogP contribution in [-0.4, -0.2) is 15.9 Å². The van der Waals surface area contributed by atoms with Crippen molar-refractivity contribution in [2.45, 2.75) is 6.42 Å². The molecule has 0 atom stereocenters. The lowest BCUT2D eigenvalue weighted by Crippen LogP contribution is -2.14. The molecule has 20 heavy (non-hydrogen) atoms. The number of carbonyl (C=O) groups excluding carboxylic acids is 1. The predicted molar refractivity (Wildman–Crippen MR) is 77.3 cm³/mol. The van der Waals surface area contributed by atoms with Crippen LogP contribution in [0.15, 0.2) is 55.0 Å². The van der Waals surface area contributed by atoms with Crippen LogP contribution < -0.4 is 5.73 Å². The van der Waals surface area contributed by atoms with Crippen molar-refractivity contribution >= 4 is 16.8 Å². The number of nitrogens with two attached hydrogens (primary N) is 1. The summed E-state index contributed by atoms with van der Waals surface area (Å²) in [7, 11) is 0. The van der Waals surface area contributed by atoms with Crippen molar-refractivity contribution in [2.24, 2.45) is 5.73 Å². The molecule has 0 unspecified atom stereocenters. The highest BCUT2D eigenvalue weighted by Crippen LogP contribution is 2.17. The maximum Gasteiger partial charge on any atom is 0.249 e. The Morgan fingerprint density at radius 3 is 2.85 bits per heavy atom. The van der Waals surface area contributed by atoms with Crippen molar-refractivity contribution in [3.05, 3.63) is 71.7 Å². The maximum absolute atomic E-state index is 11.4. The molecule has 0 aliphatic carbocycles. The second kappa shape index (κ2) is 5.09. The third-order valence-corrected chi connectivity index (χ3v) is 3.21. The molecule has 4 heteroatoms. The molecule has 0 aliphatic rings. The van der Waals surface area contributed by atoms with Gasteiger partial charge in [0.2, 0.25) is 5.91 Å². The molecule has 0 fully saturated rings. The van der Waals surface area contributed by atoms with E-state index in [1.54, 1.807) is 18.5 Å². The molecule has 0 saturated carbocycles. The van der Waals surface area contributed by atoms with E-state index in [-0.39, 0.29) is 0 Å². The van der Waals surface area contributed by atoms with Gasteiger partial charge in [-0.25, -0.2) is 0 Å². The summed E-state index contributed by atoms with van der Waals surface area (Å²) in [5, 5.41) is 1.08. The number of amides is 1. The Bertz CT molecular complexity index is 783. The molecule has 0 saturated heterocycles. The van der Waals surface area contributed by atoms with Crippen molar-refractivity contribution in [3.63, 3.8) is 0 Å². The third-order valence-electron chi connectivity index (χ3n) is 3.21. The number of rotatable bonds is 3. The minimum atomic E-state index is -0.434. The van der Waals surface area contributed by atoms with Crippen LogP contribution in [0.5, 0.6) is 0 Å². The molecular weight excluding hydrogens is 250 g/mol. The van der Waals surface area contributed by atoms with E-state index in [1.807, 2.05) is 30.5 Å². The lowest BCUT2D eigenvalue weighted by atomic mass is 10.0. The van der Waals surface area contributed by atoms with Gasteiger partial charge in [0.25, 0.3) is 0 Å². The summed E-state index contributed by atoms with van der Waals surface area (Å²) >= 11 is 0. The lowest BCUT2D eigenvalue weighted by Gasteiger charge is -2.06. The number of para-hydroxylation sites is 1. The predicted octanol–water partition coefficient (Wildman–Crippen LogP) is 2.32. The average molecular weight is 263 g/mol. The molecule has 98 valence electrons. The topological polar surface area (TPSA) is 68.9 Å². The van der Waals surface area contributed by atoms with Gasteiger partial charge in [-0.3, -0.25) is 14.8 Å². The molecule has 2 N–H and O–H groups in total. The molecular formula is C16H13N3O. The fourth-order valence-corrected chi connectivity index (χ4v) is 2.24. The van der Waals surface area contributed by atoms with Crippen LogP contribution in [0.4, 0.5) is 0 Å². The second-order valence-electron chi connectivity index (χ2n) is 4.61. The summed E-state index contributed by atoms with van der Waals surface area (Å²) in [4.78, 5) is 19.9. The monoisotopic (exact) mass is 263 g/mol. The SMILES string of the molecule is NC(=O)c1ccncc1Cc1cnc2ccccc2c1. The van der Waals surface area contributed by atoms with E-state index in [2.05, 4.69) is 16.0 Å². The summed E-state index contributed by atoms with van der Waals surface area (Å²) in [6.07, 6.45) is 5.65. The van der Waals surface area contributed by atoms with Crippen LogP contribution in [0.3, 0.4) is 0 Å². The first-order valence-electron chi connectivity index (χ1n) is 6.30. The number of benzene rings is 1. The highest BCUT2D eigenvalue weighted by Gasteiger charge is 2.09. The Kier molecular flexibility index (Phi) is 3.13. The third kappa shape index (κ3) is 2.36. The Morgan fingerprint density at radius 2 is 2.00 bits per heavy atom. The minimum Gasteiger partial charge on any atom is -0.366 e. The molecule has 0 bridgehead atoms. The molecule has 0 radical (unpaired) electrons. The normalized spacial score (nSPS) is 10.6. The summed E-state index contributed by atoms with van der Waals surface area (Å²) < 4.78 is 0. The van der Waals surface area contributed by atoms with E-state index in [0.29, 0.717) is 12.0 Å². The van der Waals surface area contributed by atoms with Gasteiger partial charge >= 0.3 is 0 Å². The molecule has 2 aromatic heterocycles. The van der Waals surface area contributed by atoms with E-state index in [1.165, 1.54) is 0 Å². The number of aromatic nitrogens is 2. The van der Waals surface area contributed by atoms with Crippen LogP contribution >= 0.6 is 0 Å². The van der Waals surface area contributed by atoms with E-state index < -0.39 is 5.91 Å². The van der Waals surface area contributed by atoms with Crippen LogP contribution in [0, 0.1) is 0 Å². The Hall–Kier alpha value is -2.75. The number of hydrogen-bond donors (Lipinski definition) is 1. The van der Waals surface area contributed by atoms with Gasteiger partial charge in [-0.1, -0.05) is 18.2 Å². The van der Waals surface area contributed by atoms with Crippen molar-refractivity contribution < 1.29 is 4.79 Å². The fraction of sp³-hybridized carbons (Fsp3) is 0.0625. The molecule has 0 aliphatic heterocycles. The van der Waals surface area contributed by atoms with E-state index in [4.69, 9.17) is 5.73 Å². The largest absolute Gasteiger partial charge is 0.366 e. The lowest BCUT2D eigenvalue weighted by molar-refractivity contribution is 0.0999. The number of pyridine rings is 2. The van der Waals surface area contributed by atoms with Crippen molar-refractivity contribution in [2.75, 3.05) is 0 Å². The molecule has 1 amide bonds. The van der Waals surface area contributed by atoms with Crippen LogP contribution in [-0.2, 0) is 6.42 Å². The molecule has 0 spiro atoms. The van der Waals surface area contributed by atoms with Crippen molar-refractivity contribution in [1.82, 2.24) is 9.97 Å². The number of fused-ring (bicyclic) bond motifs is 1. The van der Waals surface area contributed by atoms with Crippen LogP contribution in [0.1, 0.15) is 21.5 Å². The van der Waals surface area contributed by atoms with E-state index in [9.17, 15) is 4.79 Å². The Balaban J connectivity index is 1.99. The first kappa shape index (κ1) is 12.3. The molecule has 3 rings (SSSR count). The zero-order valence-electron chi connectivity index (χ0n) is 10.8. The van der Waals surface area contributed by atoms with Gasteiger partial charge in [0.15, 0.2) is 0 Å². The molecule has 1 aromatic carbocycles. The molecule has 4 nitrogen and oxygen atoms in total. The van der Waals surface area contributed by atoms with Gasteiger partial charge in [0, 0.05) is 36.0 Å². The molecule has 3 aromatic rings. The van der Waals surface area contributed by atoms with Crippen molar-refractivity contribution in [1.29, 1.82) is 0 Å². The Labute approximate surface area is 116 Å². The zero-order valence-corrected chi connectivity index (χ0v) is 10.8. The maximum atomic E-state index is 11.4. The zero-order chi connectivity index (χ0) is 13.9. The number of carbonyl (C=O) groups is 1. The number of hydrogen-bond acceptors (Lipinski definition) is 3. The van der Waals surface area contributed by atoms with Gasteiger partial charge in [-0.2, -0.15) is 0 Å². The second-order valence-corrected chi connectivity index (χ2v) is 4.61. The van der Waals surface area contributed by atoms with Gasteiger partial charge in [0.1, 0.15) is 0 Å². The van der Waals surface area contributed by atoms with Crippen molar-refractivity contribution in [3.8, 4) is 0 Å². The number of primary amides is 1. The summed E-state index contributed by atoms with van der Waals surface area (Å²) in [5.74, 6) is -0.434. The van der Waals surface area contributed by atoms with Crippen LogP contribution in [0.25, 0.3) is 10.9 Å². The van der Waals surface area contributed by atoms with Gasteiger partial charge in [0.05, 0.1) is 5.52 Å². The van der Waals surface area contributed by atoms with Gasteiger partial charge in [-0.15, -0.1) is 0 Å². The molecule has 2 heterocycles. The quantitative estimate of drug-likeness (QED) is 0.788.